The molecule has 3 aromatic carbocycles. The minimum atomic E-state index is -4.66. The molecule has 0 spiro atoms. The standard InChI is InChI=1S/C23H19Cl2F3N2O4S/c1-2-34-21-6-4-3-5-20(21)30(35(32,33)17-10-8-16(24)9-11-17)14-22(31)29-19-13-15(23(26,27)28)7-12-18(19)25/h3-13H,2,14H2,1H3,(H,29,31). The first-order valence-corrected chi connectivity index (χ1v) is 12.3. The summed E-state index contributed by atoms with van der Waals surface area (Å²) in [6.07, 6.45) is -4.66. The summed E-state index contributed by atoms with van der Waals surface area (Å²) in [5.74, 6) is -0.729. The Bertz CT molecular complexity index is 1320. The van der Waals surface area contributed by atoms with Gasteiger partial charge in [0.25, 0.3) is 10.0 Å². The molecular weight excluding hydrogens is 528 g/mol. The molecule has 0 heterocycles. The van der Waals surface area contributed by atoms with E-state index in [9.17, 15) is 26.4 Å². The number of sulfonamides is 1. The molecule has 1 amide bonds. The highest BCUT2D eigenvalue weighted by Crippen LogP contribution is 2.35. The molecule has 3 rings (SSSR count). The van der Waals surface area contributed by atoms with Crippen LogP contribution in [0.4, 0.5) is 24.5 Å². The van der Waals surface area contributed by atoms with Crippen molar-refractivity contribution in [3.63, 3.8) is 0 Å². The zero-order chi connectivity index (χ0) is 25.8. The third-order valence-electron chi connectivity index (χ3n) is 4.69. The number of nitrogens with zero attached hydrogens (tertiary/aromatic N) is 1. The second kappa shape index (κ2) is 10.8. The highest BCUT2D eigenvalue weighted by molar-refractivity contribution is 7.92. The summed E-state index contributed by atoms with van der Waals surface area (Å²) in [4.78, 5) is 12.7. The maximum absolute atomic E-state index is 13.5. The summed E-state index contributed by atoms with van der Waals surface area (Å²) in [7, 11) is -4.32. The number of hydrogen-bond acceptors (Lipinski definition) is 4. The van der Waals surface area contributed by atoms with E-state index in [2.05, 4.69) is 5.32 Å². The van der Waals surface area contributed by atoms with Crippen LogP contribution in [-0.4, -0.2) is 27.5 Å². The number of amides is 1. The smallest absolute Gasteiger partial charge is 0.416 e. The van der Waals surface area contributed by atoms with Crippen LogP contribution in [-0.2, 0) is 21.0 Å². The van der Waals surface area contributed by atoms with Crippen LogP contribution in [0.5, 0.6) is 5.75 Å². The molecule has 0 aliphatic heterocycles. The van der Waals surface area contributed by atoms with Crippen LogP contribution in [0.1, 0.15) is 12.5 Å². The predicted octanol–water partition coefficient (Wildman–Crippen LogP) is 6.24. The van der Waals surface area contributed by atoms with Crippen molar-refractivity contribution in [2.24, 2.45) is 0 Å². The molecule has 3 aromatic rings. The average Bonchev–Trinajstić information content (AvgIpc) is 2.79. The third kappa shape index (κ3) is 6.39. The van der Waals surface area contributed by atoms with Crippen LogP contribution in [0, 0.1) is 0 Å². The van der Waals surface area contributed by atoms with Crippen LogP contribution in [0.3, 0.4) is 0 Å². The number of anilines is 2. The summed E-state index contributed by atoms with van der Waals surface area (Å²) < 4.78 is 72.6. The van der Waals surface area contributed by atoms with Crippen LogP contribution >= 0.6 is 23.2 Å². The van der Waals surface area contributed by atoms with E-state index in [0.29, 0.717) is 11.1 Å². The van der Waals surface area contributed by atoms with Gasteiger partial charge in [0.15, 0.2) is 0 Å². The van der Waals surface area contributed by atoms with Gasteiger partial charge in [-0.05, 0) is 61.5 Å². The number of rotatable bonds is 8. The Kier molecular flexibility index (Phi) is 8.19. The van der Waals surface area contributed by atoms with E-state index in [1.165, 1.54) is 36.4 Å². The molecule has 12 heteroatoms. The minimum Gasteiger partial charge on any atom is -0.492 e. The molecule has 35 heavy (non-hydrogen) atoms. The van der Waals surface area contributed by atoms with Crippen molar-refractivity contribution in [3.05, 3.63) is 82.3 Å². The monoisotopic (exact) mass is 546 g/mol. The Morgan fingerprint density at radius 2 is 1.69 bits per heavy atom. The largest absolute Gasteiger partial charge is 0.492 e. The lowest BCUT2D eigenvalue weighted by Gasteiger charge is -2.26. The lowest BCUT2D eigenvalue weighted by atomic mass is 10.2. The van der Waals surface area contributed by atoms with Crippen LogP contribution in [0.2, 0.25) is 10.0 Å². The SMILES string of the molecule is CCOc1ccccc1N(CC(=O)Nc1cc(C(F)(F)F)ccc1Cl)S(=O)(=O)c1ccc(Cl)cc1. The average molecular weight is 547 g/mol. The molecule has 0 atom stereocenters. The van der Waals surface area contributed by atoms with Gasteiger partial charge in [-0.3, -0.25) is 9.10 Å². The molecular formula is C23H19Cl2F3N2O4S. The van der Waals surface area contributed by atoms with E-state index < -0.39 is 34.2 Å². The van der Waals surface area contributed by atoms with E-state index in [1.54, 1.807) is 19.1 Å². The second-order valence-corrected chi connectivity index (χ2v) is 9.81. The Hall–Kier alpha value is -2.95. The Balaban J connectivity index is 2.01. The number of hydrogen-bond donors (Lipinski definition) is 1. The second-order valence-electron chi connectivity index (χ2n) is 7.11. The molecule has 0 saturated heterocycles. The van der Waals surface area contributed by atoms with Crippen molar-refractivity contribution in [1.82, 2.24) is 0 Å². The van der Waals surface area contributed by atoms with Gasteiger partial charge >= 0.3 is 6.18 Å². The number of halogens is 5. The van der Waals surface area contributed by atoms with Gasteiger partial charge in [0.1, 0.15) is 12.3 Å². The molecule has 0 aromatic heterocycles. The molecule has 0 unspecified atom stereocenters. The fourth-order valence-electron chi connectivity index (χ4n) is 3.09. The van der Waals surface area contributed by atoms with E-state index in [4.69, 9.17) is 27.9 Å². The molecule has 0 radical (unpaired) electrons. The van der Waals surface area contributed by atoms with Crippen LogP contribution in [0.15, 0.2) is 71.6 Å². The number of benzene rings is 3. The number of carbonyl (C=O) groups is 1. The number of nitrogens with one attached hydrogen (secondary N) is 1. The topological polar surface area (TPSA) is 75.7 Å². The molecule has 186 valence electrons. The molecule has 1 N–H and O–H groups in total. The van der Waals surface area contributed by atoms with Crippen molar-refractivity contribution < 1.29 is 31.1 Å². The first-order chi connectivity index (χ1) is 16.4. The van der Waals surface area contributed by atoms with Crippen molar-refractivity contribution in [2.45, 2.75) is 18.0 Å². The molecule has 0 bridgehead atoms. The fraction of sp³-hybridized carbons (Fsp3) is 0.174. The number of alkyl halides is 3. The van der Waals surface area contributed by atoms with E-state index in [0.717, 1.165) is 16.4 Å². The summed E-state index contributed by atoms with van der Waals surface area (Å²) in [5.41, 5.74) is -1.27. The Morgan fingerprint density at radius 3 is 2.31 bits per heavy atom. The quantitative estimate of drug-likeness (QED) is 0.362. The van der Waals surface area contributed by atoms with Gasteiger partial charge < -0.3 is 10.1 Å². The van der Waals surface area contributed by atoms with Gasteiger partial charge in [0, 0.05) is 5.02 Å². The highest BCUT2D eigenvalue weighted by atomic mass is 35.5. The Labute approximate surface area is 210 Å². The maximum Gasteiger partial charge on any atom is 0.416 e. The van der Waals surface area contributed by atoms with Crippen LogP contribution in [0.25, 0.3) is 0 Å². The summed E-state index contributed by atoms with van der Waals surface area (Å²) in [6.45, 7) is 1.15. The molecule has 0 aliphatic carbocycles. The number of carbonyl (C=O) groups excluding carboxylic acids is 1. The van der Waals surface area contributed by atoms with E-state index >= 15 is 0 Å². The van der Waals surface area contributed by atoms with Gasteiger partial charge in [-0.25, -0.2) is 8.42 Å². The zero-order valence-electron chi connectivity index (χ0n) is 18.1. The van der Waals surface area contributed by atoms with Crippen molar-refractivity contribution in [1.29, 1.82) is 0 Å². The summed E-state index contributed by atoms with van der Waals surface area (Å²) in [5, 5.41) is 2.43. The lowest BCUT2D eigenvalue weighted by Crippen LogP contribution is -2.38. The number of ether oxygens (including phenoxy) is 1. The summed E-state index contributed by atoms with van der Waals surface area (Å²) in [6, 6.07) is 13.9. The van der Waals surface area contributed by atoms with Crippen molar-refractivity contribution in [2.75, 3.05) is 22.8 Å². The van der Waals surface area contributed by atoms with E-state index in [-0.39, 0.29) is 33.6 Å². The summed E-state index contributed by atoms with van der Waals surface area (Å²) >= 11 is 11.8. The molecule has 0 fully saturated rings. The first kappa shape index (κ1) is 26.7. The third-order valence-corrected chi connectivity index (χ3v) is 7.05. The molecule has 6 nitrogen and oxygen atoms in total. The molecule has 0 saturated carbocycles. The van der Waals surface area contributed by atoms with E-state index in [1.807, 2.05) is 0 Å². The predicted molar refractivity (Wildman–Crippen MR) is 129 cm³/mol. The minimum absolute atomic E-state index is 0.0644. The zero-order valence-corrected chi connectivity index (χ0v) is 20.5. The van der Waals surface area contributed by atoms with Gasteiger partial charge in [0.2, 0.25) is 5.91 Å². The van der Waals surface area contributed by atoms with Crippen molar-refractivity contribution >= 4 is 50.5 Å². The normalized spacial score (nSPS) is 11.7. The van der Waals surface area contributed by atoms with Gasteiger partial charge in [-0.1, -0.05) is 35.3 Å². The first-order valence-electron chi connectivity index (χ1n) is 10.1. The van der Waals surface area contributed by atoms with Gasteiger partial charge in [-0.15, -0.1) is 0 Å². The fourth-order valence-corrected chi connectivity index (χ4v) is 4.81. The highest BCUT2D eigenvalue weighted by Gasteiger charge is 2.32. The maximum atomic E-state index is 13.5. The van der Waals surface area contributed by atoms with Crippen LogP contribution < -0.4 is 14.4 Å². The Morgan fingerprint density at radius 1 is 1.03 bits per heavy atom. The number of para-hydroxylation sites is 2. The molecule has 0 aliphatic rings. The lowest BCUT2D eigenvalue weighted by molar-refractivity contribution is -0.137. The van der Waals surface area contributed by atoms with Crippen molar-refractivity contribution in [3.8, 4) is 5.75 Å². The van der Waals surface area contributed by atoms with Gasteiger partial charge in [0.05, 0.1) is 33.5 Å². The van der Waals surface area contributed by atoms with Gasteiger partial charge in [-0.2, -0.15) is 13.2 Å².